The lowest BCUT2D eigenvalue weighted by molar-refractivity contribution is 0.577. The van der Waals surface area contributed by atoms with Gasteiger partial charge in [0.05, 0.1) is 0 Å². The zero-order chi connectivity index (χ0) is 12.6. The fourth-order valence-corrected chi connectivity index (χ4v) is 3.22. The molecule has 18 heavy (non-hydrogen) atoms. The summed E-state index contributed by atoms with van der Waals surface area (Å²) in [4.78, 5) is 4.20. The van der Waals surface area contributed by atoms with Crippen LogP contribution in [0.3, 0.4) is 0 Å². The minimum absolute atomic E-state index is 0.375. The third-order valence-corrected chi connectivity index (χ3v) is 4.45. The summed E-state index contributed by atoms with van der Waals surface area (Å²) in [6.07, 6.45) is 2.76. The average Bonchev–Trinajstić information content (AvgIpc) is 2.93. The fourth-order valence-electron chi connectivity index (χ4n) is 1.66. The average molecular weight is 279 g/mol. The number of nitrogens with zero attached hydrogens (tertiary/aromatic N) is 2. The standard InChI is InChI=1S/C13H17N3S2/c1-2-8-14-12(11-6-4-3-5-7-11)9-17-13-15-10-16-18-13/h3-7,10,12,14H,2,8-9H2,1H3. The van der Waals surface area contributed by atoms with E-state index in [1.54, 1.807) is 18.1 Å². The number of aromatic nitrogens is 2. The van der Waals surface area contributed by atoms with E-state index in [0.29, 0.717) is 6.04 Å². The Balaban J connectivity index is 1.96. The van der Waals surface area contributed by atoms with Crippen LogP contribution in [0.25, 0.3) is 0 Å². The summed E-state index contributed by atoms with van der Waals surface area (Å²) in [5.74, 6) is 0.985. The van der Waals surface area contributed by atoms with Crippen molar-refractivity contribution in [1.82, 2.24) is 14.7 Å². The van der Waals surface area contributed by atoms with E-state index >= 15 is 0 Å². The lowest BCUT2D eigenvalue weighted by Crippen LogP contribution is -2.24. The lowest BCUT2D eigenvalue weighted by atomic mass is 10.1. The Morgan fingerprint density at radius 3 is 2.83 bits per heavy atom. The van der Waals surface area contributed by atoms with Gasteiger partial charge in [-0.1, -0.05) is 49.0 Å². The molecule has 0 spiro atoms. The minimum Gasteiger partial charge on any atom is -0.309 e. The van der Waals surface area contributed by atoms with Crippen molar-refractivity contribution in [2.24, 2.45) is 0 Å². The summed E-state index contributed by atoms with van der Waals surface area (Å²) >= 11 is 3.22. The molecule has 1 atom stereocenters. The van der Waals surface area contributed by atoms with Crippen molar-refractivity contribution in [2.45, 2.75) is 23.7 Å². The molecule has 3 nitrogen and oxygen atoms in total. The van der Waals surface area contributed by atoms with Gasteiger partial charge in [0.2, 0.25) is 0 Å². The topological polar surface area (TPSA) is 37.8 Å². The molecule has 2 rings (SSSR count). The first-order valence-electron chi connectivity index (χ1n) is 6.08. The molecule has 0 amide bonds. The van der Waals surface area contributed by atoms with Gasteiger partial charge in [0, 0.05) is 11.8 Å². The predicted octanol–water partition coefficient (Wildman–Crippen LogP) is 3.37. The van der Waals surface area contributed by atoms with Crippen molar-refractivity contribution in [1.29, 1.82) is 0 Å². The number of nitrogens with one attached hydrogen (secondary N) is 1. The van der Waals surface area contributed by atoms with Crippen LogP contribution in [0.15, 0.2) is 41.0 Å². The third kappa shape index (κ3) is 4.08. The van der Waals surface area contributed by atoms with E-state index in [4.69, 9.17) is 0 Å². The quantitative estimate of drug-likeness (QED) is 0.789. The van der Waals surface area contributed by atoms with Crippen LogP contribution in [0.2, 0.25) is 0 Å². The lowest BCUT2D eigenvalue weighted by Gasteiger charge is -2.17. The van der Waals surface area contributed by atoms with Gasteiger partial charge in [-0.25, -0.2) is 4.98 Å². The summed E-state index contributed by atoms with van der Waals surface area (Å²) in [5, 5.41) is 3.58. The van der Waals surface area contributed by atoms with Crippen LogP contribution in [0, 0.1) is 0 Å². The van der Waals surface area contributed by atoms with Gasteiger partial charge in [-0.2, -0.15) is 4.37 Å². The summed E-state index contributed by atoms with van der Waals surface area (Å²) < 4.78 is 5.06. The molecular weight excluding hydrogens is 262 g/mol. The Bertz CT molecular complexity index is 431. The van der Waals surface area contributed by atoms with Crippen molar-refractivity contribution in [3.8, 4) is 0 Å². The molecule has 0 bridgehead atoms. The monoisotopic (exact) mass is 279 g/mol. The van der Waals surface area contributed by atoms with Gasteiger partial charge in [-0.3, -0.25) is 0 Å². The van der Waals surface area contributed by atoms with E-state index in [9.17, 15) is 0 Å². The number of hydrogen-bond acceptors (Lipinski definition) is 5. The highest BCUT2D eigenvalue weighted by molar-refractivity contribution is 8.00. The second-order valence-corrected chi connectivity index (χ2v) is 5.98. The highest BCUT2D eigenvalue weighted by Gasteiger charge is 2.11. The Kier molecular flexibility index (Phi) is 5.64. The molecule has 0 aliphatic heterocycles. The number of thioether (sulfide) groups is 1. The largest absolute Gasteiger partial charge is 0.309 e. The first kappa shape index (κ1) is 13.5. The molecule has 1 N–H and O–H groups in total. The number of benzene rings is 1. The fraction of sp³-hybridized carbons (Fsp3) is 0.385. The van der Waals surface area contributed by atoms with Gasteiger partial charge in [0.25, 0.3) is 0 Å². The van der Waals surface area contributed by atoms with Crippen LogP contribution >= 0.6 is 23.3 Å². The van der Waals surface area contributed by atoms with E-state index < -0.39 is 0 Å². The van der Waals surface area contributed by atoms with Crippen molar-refractivity contribution in [3.63, 3.8) is 0 Å². The molecule has 0 saturated carbocycles. The molecule has 0 aliphatic rings. The van der Waals surface area contributed by atoms with Crippen molar-refractivity contribution in [3.05, 3.63) is 42.2 Å². The highest BCUT2D eigenvalue weighted by Crippen LogP contribution is 2.25. The maximum absolute atomic E-state index is 4.20. The second kappa shape index (κ2) is 7.51. The van der Waals surface area contributed by atoms with Gasteiger partial charge in [0.1, 0.15) is 6.33 Å². The molecule has 5 heteroatoms. The first-order chi connectivity index (χ1) is 8.90. The maximum Gasteiger partial charge on any atom is 0.169 e. The Morgan fingerprint density at radius 1 is 1.33 bits per heavy atom. The minimum atomic E-state index is 0.375. The summed E-state index contributed by atoms with van der Waals surface area (Å²) in [5.41, 5.74) is 1.34. The Labute approximate surface area is 116 Å². The van der Waals surface area contributed by atoms with Crippen molar-refractivity contribution >= 4 is 23.3 Å². The van der Waals surface area contributed by atoms with Gasteiger partial charge >= 0.3 is 0 Å². The normalized spacial score (nSPS) is 12.5. The van der Waals surface area contributed by atoms with Gasteiger partial charge in [-0.05, 0) is 30.1 Å². The van der Waals surface area contributed by atoms with Crippen LogP contribution in [-0.2, 0) is 0 Å². The SMILES string of the molecule is CCCNC(CSc1ncns1)c1ccccc1. The van der Waals surface area contributed by atoms with Gasteiger partial charge < -0.3 is 5.32 Å². The van der Waals surface area contributed by atoms with Crippen molar-refractivity contribution < 1.29 is 0 Å². The second-order valence-electron chi connectivity index (χ2n) is 3.94. The molecule has 0 aliphatic carbocycles. The predicted molar refractivity (Wildman–Crippen MR) is 78.1 cm³/mol. The van der Waals surface area contributed by atoms with Crippen molar-refractivity contribution in [2.75, 3.05) is 12.3 Å². The summed E-state index contributed by atoms with van der Waals surface area (Å²) in [6, 6.07) is 11.0. The van der Waals surface area contributed by atoms with Gasteiger partial charge in [-0.15, -0.1) is 0 Å². The molecule has 2 aromatic rings. The first-order valence-corrected chi connectivity index (χ1v) is 7.84. The molecule has 1 heterocycles. The van der Waals surface area contributed by atoms with E-state index in [-0.39, 0.29) is 0 Å². The highest BCUT2D eigenvalue weighted by atomic mass is 32.2. The van der Waals surface area contributed by atoms with Gasteiger partial charge in [0.15, 0.2) is 4.34 Å². The smallest absolute Gasteiger partial charge is 0.169 e. The number of rotatable bonds is 7. The molecule has 96 valence electrons. The summed E-state index contributed by atoms with van der Waals surface area (Å²) in [6.45, 7) is 3.23. The van der Waals surface area contributed by atoms with Crippen LogP contribution in [0.1, 0.15) is 24.9 Å². The molecule has 0 saturated heterocycles. The van der Waals surface area contributed by atoms with E-state index in [2.05, 4.69) is 51.9 Å². The zero-order valence-corrected chi connectivity index (χ0v) is 12.0. The molecule has 1 aromatic heterocycles. The maximum atomic E-state index is 4.20. The van der Waals surface area contributed by atoms with E-state index in [1.165, 1.54) is 17.1 Å². The summed E-state index contributed by atoms with van der Waals surface area (Å²) in [7, 11) is 0. The van der Waals surface area contributed by atoms with Crippen LogP contribution < -0.4 is 5.32 Å². The van der Waals surface area contributed by atoms with E-state index in [1.807, 2.05) is 0 Å². The van der Waals surface area contributed by atoms with Crippen LogP contribution in [0.4, 0.5) is 0 Å². The van der Waals surface area contributed by atoms with E-state index in [0.717, 1.165) is 23.1 Å². The van der Waals surface area contributed by atoms with Crippen LogP contribution in [-0.4, -0.2) is 21.7 Å². The van der Waals surface area contributed by atoms with Crippen LogP contribution in [0.5, 0.6) is 0 Å². The Hall–Kier alpha value is -0.910. The number of hydrogen-bond donors (Lipinski definition) is 1. The Morgan fingerprint density at radius 2 is 2.17 bits per heavy atom. The third-order valence-electron chi connectivity index (χ3n) is 2.56. The molecular formula is C13H17N3S2. The molecule has 1 unspecified atom stereocenters. The molecule has 1 aromatic carbocycles. The zero-order valence-electron chi connectivity index (χ0n) is 10.4. The molecule has 0 fully saturated rings. The molecule has 0 radical (unpaired) electrons.